The summed E-state index contributed by atoms with van der Waals surface area (Å²) in [5.74, 6) is 0.319. The molecule has 2 aromatic rings. The predicted molar refractivity (Wildman–Crippen MR) is 91.4 cm³/mol. The lowest BCUT2D eigenvalue weighted by Gasteiger charge is -2.24. The van der Waals surface area contributed by atoms with Crippen LogP contribution >= 0.6 is 8.25 Å². The lowest BCUT2D eigenvalue weighted by molar-refractivity contribution is -0.0586. The SMILES string of the molecule is C[C@@]1(F)[C@H](O)[C@@H](CO[P+](=O)Oc2ccccc2)O[C@H]1n1ccc(=O)[nH]c1=O. The van der Waals surface area contributed by atoms with Crippen LogP contribution in [-0.4, -0.2) is 39.1 Å². The third-order valence-electron chi connectivity index (χ3n) is 4.09. The Labute approximate surface area is 153 Å². The second-order valence-electron chi connectivity index (χ2n) is 6.06. The van der Waals surface area contributed by atoms with E-state index >= 15 is 0 Å². The molecule has 0 amide bonds. The first-order valence-corrected chi connectivity index (χ1v) is 9.05. The molecule has 0 aliphatic carbocycles. The molecule has 3 rings (SSSR count). The number of aliphatic hydroxyl groups excluding tert-OH is 1. The van der Waals surface area contributed by atoms with E-state index in [1.54, 1.807) is 30.3 Å². The van der Waals surface area contributed by atoms with Crippen molar-refractivity contribution in [2.45, 2.75) is 31.0 Å². The average molecular weight is 399 g/mol. The number of aromatic amines is 1. The van der Waals surface area contributed by atoms with Gasteiger partial charge in [0.2, 0.25) is 0 Å². The molecule has 1 fully saturated rings. The summed E-state index contributed by atoms with van der Waals surface area (Å²) in [5, 5.41) is 10.2. The predicted octanol–water partition coefficient (Wildman–Crippen LogP) is 1.28. The van der Waals surface area contributed by atoms with Crippen LogP contribution in [0, 0.1) is 0 Å². The Morgan fingerprint density at radius 3 is 2.70 bits per heavy atom. The number of nitrogens with zero attached hydrogens (tertiary/aromatic N) is 1. The summed E-state index contributed by atoms with van der Waals surface area (Å²) < 4.78 is 43.1. The van der Waals surface area contributed by atoms with Gasteiger partial charge in [-0.15, -0.1) is 4.52 Å². The van der Waals surface area contributed by atoms with Crippen molar-refractivity contribution in [3.8, 4) is 5.75 Å². The second-order valence-corrected chi connectivity index (χ2v) is 6.95. The zero-order valence-electron chi connectivity index (χ0n) is 14.1. The summed E-state index contributed by atoms with van der Waals surface area (Å²) in [5.41, 5.74) is -3.89. The summed E-state index contributed by atoms with van der Waals surface area (Å²) in [6.07, 6.45) is -3.31. The highest BCUT2D eigenvalue weighted by Crippen LogP contribution is 2.41. The van der Waals surface area contributed by atoms with E-state index in [0.717, 1.165) is 23.8 Å². The molecule has 1 aromatic carbocycles. The Morgan fingerprint density at radius 2 is 2.04 bits per heavy atom. The highest BCUT2D eigenvalue weighted by atomic mass is 31.1. The fourth-order valence-electron chi connectivity index (χ4n) is 2.69. The number of nitrogens with one attached hydrogen (secondary N) is 1. The van der Waals surface area contributed by atoms with Crippen LogP contribution in [0.5, 0.6) is 5.75 Å². The number of hydrogen-bond acceptors (Lipinski definition) is 7. The number of para-hydroxylation sites is 1. The summed E-state index contributed by atoms with van der Waals surface area (Å²) in [6.45, 7) is 0.623. The Bertz CT molecular complexity index is 930. The molecule has 2 N–H and O–H groups in total. The maximum atomic E-state index is 15.0. The molecule has 1 saturated heterocycles. The quantitative estimate of drug-likeness (QED) is 0.702. The Hall–Kier alpha value is -2.39. The molecule has 0 bridgehead atoms. The Kier molecular flexibility index (Phi) is 5.52. The van der Waals surface area contributed by atoms with Crippen LogP contribution in [0.4, 0.5) is 4.39 Å². The summed E-state index contributed by atoms with van der Waals surface area (Å²) >= 11 is 0. The second kappa shape index (κ2) is 7.69. The van der Waals surface area contributed by atoms with Gasteiger partial charge in [-0.05, 0) is 19.1 Å². The summed E-state index contributed by atoms with van der Waals surface area (Å²) in [7, 11) is -2.58. The van der Waals surface area contributed by atoms with Gasteiger partial charge in [0.05, 0.1) is 0 Å². The van der Waals surface area contributed by atoms with Crippen molar-refractivity contribution in [1.82, 2.24) is 9.55 Å². The maximum Gasteiger partial charge on any atom is 0.750 e. The minimum atomic E-state index is -2.58. The topological polar surface area (TPSA) is 120 Å². The molecule has 0 saturated carbocycles. The van der Waals surface area contributed by atoms with Crippen molar-refractivity contribution in [1.29, 1.82) is 0 Å². The van der Waals surface area contributed by atoms with E-state index in [1.807, 2.05) is 4.98 Å². The van der Waals surface area contributed by atoms with Gasteiger partial charge in [0.25, 0.3) is 5.56 Å². The number of alkyl halides is 1. The highest BCUT2D eigenvalue weighted by molar-refractivity contribution is 7.33. The number of hydrogen-bond donors (Lipinski definition) is 2. The molecule has 0 spiro atoms. The lowest BCUT2D eigenvalue weighted by atomic mass is 9.98. The third kappa shape index (κ3) is 4.14. The zero-order valence-corrected chi connectivity index (χ0v) is 15.0. The molecule has 9 nitrogen and oxygen atoms in total. The molecule has 1 unspecified atom stereocenters. The minimum Gasteiger partial charge on any atom is -0.387 e. The van der Waals surface area contributed by atoms with Crippen LogP contribution in [0.3, 0.4) is 0 Å². The number of aromatic nitrogens is 2. The fraction of sp³-hybridized carbons (Fsp3) is 0.375. The van der Waals surface area contributed by atoms with E-state index in [4.69, 9.17) is 13.8 Å². The van der Waals surface area contributed by atoms with Gasteiger partial charge in [0.15, 0.2) is 17.6 Å². The molecule has 1 aliphatic rings. The molecule has 11 heteroatoms. The number of ether oxygens (including phenoxy) is 1. The van der Waals surface area contributed by atoms with Gasteiger partial charge in [-0.25, -0.2) is 13.7 Å². The standard InChI is InChI=1S/C16H16FN2O7P/c1-16(17)13(21)11(9-24-27(23)26-10-5-3-2-4-6-10)25-14(16)19-8-7-12(20)18-15(19)22/h2-8,11,13-14,21H,9H2,1H3/p+1/t11-,13-,14-,16-/m1/s1. The largest absolute Gasteiger partial charge is 0.750 e. The number of rotatable bonds is 6. The van der Waals surface area contributed by atoms with Crippen molar-refractivity contribution in [2.75, 3.05) is 6.61 Å². The highest BCUT2D eigenvalue weighted by Gasteiger charge is 2.56. The van der Waals surface area contributed by atoms with Gasteiger partial charge in [-0.3, -0.25) is 14.3 Å². The number of halogens is 1. The van der Waals surface area contributed by atoms with Crippen molar-refractivity contribution in [2.24, 2.45) is 0 Å². The molecule has 144 valence electrons. The van der Waals surface area contributed by atoms with Gasteiger partial charge in [0, 0.05) is 16.8 Å². The van der Waals surface area contributed by atoms with Crippen molar-refractivity contribution >= 4 is 8.25 Å². The van der Waals surface area contributed by atoms with Gasteiger partial charge >= 0.3 is 13.9 Å². The Morgan fingerprint density at radius 1 is 1.33 bits per heavy atom. The minimum absolute atomic E-state index is 0.319. The number of H-pyrrole nitrogens is 1. The smallest absolute Gasteiger partial charge is 0.387 e. The van der Waals surface area contributed by atoms with Crippen molar-refractivity contribution in [3.05, 3.63) is 63.4 Å². The van der Waals surface area contributed by atoms with E-state index in [9.17, 15) is 23.7 Å². The molecule has 5 atom stereocenters. The van der Waals surface area contributed by atoms with Crippen LogP contribution in [0.15, 0.2) is 52.2 Å². The Balaban J connectivity index is 1.68. The molecule has 2 heterocycles. The van der Waals surface area contributed by atoms with Crippen LogP contribution < -0.4 is 15.8 Å². The average Bonchev–Trinajstić information content (AvgIpc) is 2.84. The molecule has 27 heavy (non-hydrogen) atoms. The summed E-state index contributed by atoms with van der Waals surface area (Å²) in [4.78, 5) is 25.0. The monoisotopic (exact) mass is 399 g/mol. The van der Waals surface area contributed by atoms with Gasteiger partial charge in [-0.1, -0.05) is 18.2 Å². The first-order chi connectivity index (χ1) is 12.8. The molecular weight excluding hydrogens is 382 g/mol. The van der Waals surface area contributed by atoms with E-state index in [0.29, 0.717) is 5.75 Å². The zero-order chi connectivity index (χ0) is 19.6. The van der Waals surface area contributed by atoms with Gasteiger partial charge in [0.1, 0.15) is 18.8 Å². The third-order valence-corrected chi connectivity index (χ3v) is 4.81. The van der Waals surface area contributed by atoms with Crippen LogP contribution in [0.1, 0.15) is 13.2 Å². The van der Waals surface area contributed by atoms with Gasteiger partial charge < -0.3 is 9.84 Å². The fourth-order valence-corrected chi connectivity index (χ4v) is 3.31. The molecule has 0 radical (unpaired) electrons. The number of benzene rings is 1. The van der Waals surface area contributed by atoms with Crippen molar-refractivity contribution in [3.63, 3.8) is 0 Å². The van der Waals surface area contributed by atoms with E-state index in [1.165, 1.54) is 0 Å². The van der Waals surface area contributed by atoms with Crippen molar-refractivity contribution < 1.29 is 27.8 Å². The van der Waals surface area contributed by atoms with E-state index in [2.05, 4.69) is 0 Å². The van der Waals surface area contributed by atoms with Crippen LogP contribution in [0.2, 0.25) is 0 Å². The normalized spacial score (nSPS) is 28.1. The molecular formula is C16H17FN2O7P+. The molecule has 1 aromatic heterocycles. The van der Waals surface area contributed by atoms with Crippen LogP contribution in [-0.2, 0) is 13.8 Å². The van der Waals surface area contributed by atoms with Gasteiger partial charge in [-0.2, -0.15) is 0 Å². The summed E-state index contributed by atoms with van der Waals surface area (Å²) in [6, 6.07) is 9.31. The first kappa shape index (κ1) is 19.4. The van der Waals surface area contributed by atoms with E-state index in [-0.39, 0.29) is 0 Å². The number of aliphatic hydroxyl groups is 1. The maximum absolute atomic E-state index is 15.0. The lowest BCUT2D eigenvalue weighted by Crippen LogP contribution is -2.43. The first-order valence-electron chi connectivity index (χ1n) is 7.96. The van der Waals surface area contributed by atoms with Crippen LogP contribution in [0.25, 0.3) is 0 Å². The molecule has 1 aliphatic heterocycles. The van der Waals surface area contributed by atoms with E-state index < -0.39 is 50.2 Å².